The summed E-state index contributed by atoms with van der Waals surface area (Å²) in [6, 6.07) is 62.5. The first kappa shape index (κ1) is 30.8. The van der Waals surface area contributed by atoms with Crippen LogP contribution in [0.3, 0.4) is 0 Å². The van der Waals surface area contributed by atoms with Gasteiger partial charge in [0.05, 0.1) is 22.1 Å². The lowest BCUT2D eigenvalue weighted by Crippen LogP contribution is -2.01. The van der Waals surface area contributed by atoms with Crippen molar-refractivity contribution in [2.75, 3.05) is 0 Å². The average Bonchev–Trinajstić information content (AvgIpc) is 3.83. The van der Waals surface area contributed by atoms with Crippen LogP contribution in [0, 0.1) is 0 Å². The summed E-state index contributed by atoms with van der Waals surface area (Å²) in [6.07, 6.45) is 3.88. The molecule has 5 nitrogen and oxygen atoms in total. The molecule has 0 aliphatic rings. The average molecular weight is 714 g/mol. The molecule has 0 aliphatic carbocycles. The van der Waals surface area contributed by atoms with Gasteiger partial charge < -0.3 is 0 Å². The highest BCUT2D eigenvalue weighted by Crippen LogP contribution is 2.42. The lowest BCUT2D eigenvalue weighted by molar-refractivity contribution is 1.04. The van der Waals surface area contributed by atoms with E-state index < -0.39 is 0 Å². The third-order valence-corrected chi connectivity index (χ3v) is 11.4. The van der Waals surface area contributed by atoms with Gasteiger partial charge in [-0.3, -0.25) is 9.13 Å². The summed E-state index contributed by atoms with van der Waals surface area (Å²) in [6.45, 7) is 0. The van der Waals surface area contributed by atoms with Gasteiger partial charge in [0.15, 0.2) is 0 Å². The molecule has 4 heterocycles. The first-order chi connectivity index (χ1) is 27.8. The van der Waals surface area contributed by atoms with Crippen molar-refractivity contribution in [2.24, 2.45) is 0 Å². The number of imidazole rings is 1. The SMILES string of the molecule is c1ccc(-n2c3ccccc3c3cc(-c4nc5c6ccccc6c6ccccc6c5n4-c4ccc(-c5c6ccccc6cc6ccccc56)cn4)ccc32)nc1. The molecular formula is C51H31N5. The number of fused-ring (bicyclic) bond motifs is 11. The number of pyridine rings is 2. The van der Waals surface area contributed by atoms with Crippen LogP contribution < -0.4 is 0 Å². The third kappa shape index (κ3) is 4.46. The molecule has 12 aromatic rings. The van der Waals surface area contributed by atoms with Crippen molar-refractivity contribution in [3.8, 4) is 34.2 Å². The van der Waals surface area contributed by atoms with Crippen LogP contribution in [0.25, 0.3) is 110 Å². The summed E-state index contributed by atoms with van der Waals surface area (Å²) >= 11 is 0. The molecule has 5 heteroatoms. The Bertz CT molecular complexity index is 3470. The molecule has 12 rings (SSSR count). The van der Waals surface area contributed by atoms with Crippen LogP contribution in [-0.4, -0.2) is 24.1 Å². The van der Waals surface area contributed by atoms with E-state index in [-0.39, 0.29) is 0 Å². The molecule has 0 spiro atoms. The maximum Gasteiger partial charge on any atom is 0.146 e. The lowest BCUT2D eigenvalue weighted by atomic mass is 9.93. The van der Waals surface area contributed by atoms with Crippen molar-refractivity contribution in [1.29, 1.82) is 0 Å². The predicted octanol–water partition coefficient (Wildman–Crippen LogP) is 12.9. The predicted molar refractivity (Wildman–Crippen MR) is 232 cm³/mol. The number of para-hydroxylation sites is 1. The Hall–Kier alpha value is -7.63. The summed E-state index contributed by atoms with van der Waals surface area (Å²) in [5.41, 5.74) is 7.49. The standard InChI is InChI=1S/C51H31N5/c1-3-15-36-32(13-1)29-33-14-2-4-16-37(33)48(36)35-25-27-47(53-31-35)56-50-42-21-8-6-18-39(42)38-17-5-7-20-41(38)49(50)54-51(56)34-24-26-45-43(30-34)40-19-9-10-22-44(40)55(45)46-23-11-12-28-52-46/h1-31H. The zero-order valence-corrected chi connectivity index (χ0v) is 30.1. The Balaban J connectivity index is 1.14. The van der Waals surface area contributed by atoms with Crippen LogP contribution in [0.5, 0.6) is 0 Å². The molecular weight excluding hydrogens is 683 g/mol. The second-order valence-corrected chi connectivity index (χ2v) is 14.4. The maximum atomic E-state index is 5.56. The minimum absolute atomic E-state index is 0.812. The summed E-state index contributed by atoms with van der Waals surface area (Å²) < 4.78 is 4.52. The molecule has 0 amide bonds. The van der Waals surface area contributed by atoms with Gasteiger partial charge >= 0.3 is 0 Å². The van der Waals surface area contributed by atoms with Gasteiger partial charge in [0.2, 0.25) is 0 Å². The van der Waals surface area contributed by atoms with Crippen LogP contribution >= 0.6 is 0 Å². The number of nitrogens with zero attached hydrogens (tertiary/aromatic N) is 5. The normalized spacial score (nSPS) is 11.9. The Kier molecular flexibility index (Phi) is 6.56. The first-order valence-corrected chi connectivity index (χ1v) is 18.9. The molecule has 0 radical (unpaired) electrons. The number of rotatable bonds is 4. The number of hydrogen-bond acceptors (Lipinski definition) is 3. The fraction of sp³-hybridized carbons (Fsp3) is 0. The largest absolute Gasteiger partial charge is 0.294 e. The third-order valence-electron chi connectivity index (χ3n) is 11.4. The van der Waals surface area contributed by atoms with Crippen LogP contribution in [0.15, 0.2) is 188 Å². The second-order valence-electron chi connectivity index (χ2n) is 14.4. The minimum atomic E-state index is 0.812. The first-order valence-electron chi connectivity index (χ1n) is 18.9. The minimum Gasteiger partial charge on any atom is -0.294 e. The van der Waals surface area contributed by atoms with Gasteiger partial charge in [0.1, 0.15) is 17.5 Å². The monoisotopic (exact) mass is 713 g/mol. The smallest absolute Gasteiger partial charge is 0.146 e. The van der Waals surface area contributed by atoms with E-state index in [9.17, 15) is 0 Å². The fourth-order valence-electron chi connectivity index (χ4n) is 8.96. The highest BCUT2D eigenvalue weighted by molar-refractivity contribution is 6.24. The van der Waals surface area contributed by atoms with E-state index in [0.717, 1.165) is 66.8 Å². The van der Waals surface area contributed by atoms with Crippen LogP contribution in [0.4, 0.5) is 0 Å². The molecule has 0 saturated heterocycles. The van der Waals surface area contributed by atoms with Gasteiger partial charge in [-0.1, -0.05) is 121 Å². The molecule has 0 N–H and O–H groups in total. The van der Waals surface area contributed by atoms with E-state index in [1.807, 2.05) is 24.5 Å². The lowest BCUT2D eigenvalue weighted by Gasteiger charge is -2.14. The Morgan fingerprint density at radius 3 is 1.68 bits per heavy atom. The Morgan fingerprint density at radius 1 is 0.375 bits per heavy atom. The van der Waals surface area contributed by atoms with Gasteiger partial charge in [0, 0.05) is 45.1 Å². The van der Waals surface area contributed by atoms with Gasteiger partial charge in [-0.25, -0.2) is 15.0 Å². The van der Waals surface area contributed by atoms with Gasteiger partial charge in [-0.05, 0) is 92.5 Å². The highest BCUT2D eigenvalue weighted by Gasteiger charge is 2.22. The molecule has 0 atom stereocenters. The van der Waals surface area contributed by atoms with Crippen molar-refractivity contribution in [1.82, 2.24) is 24.1 Å². The van der Waals surface area contributed by atoms with Crippen LogP contribution in [0.1, 0.15) is 0 Å². The van der Waals surface area contributed by atoms with Crippen molar-refractivity contribution in [3.05, 3.63) is 188 Å². The molecule has 260 valence electrons. The van der Waals surface area contributed by atoms with E-state index in [2.05, 4.69) is 173 Å². The van der Waals surface area contributed by atoms with Crippen molar-refractivity contribution in [2.45, 2.75) is 0 Å². The Morgan fingerprint density at radius 2 is 0.964 bits per heavy atom. The fourth-order valence-corrected chi connectivity index (χ4v) is 8.96. The van der Waals surface area contributed by atoms with Crippen molar-refractivity contribution < 1.29 is 0 Å². The molecule has 8 aromatic carbocycles. The van der Waals surface area contributed by atoms with E-state index in [1.165, 1.54) is 43.3 Å². The van der Waals surface area contributed by atoms with Crippen molar-refractivity contribution in [3.63, 3.8) is 0 Å². The second kappa shape index (κ2) is 11.9. The number of benzene rings is 8. The number of hydrogen-bond donors (Lipinski definition) is 0. The summed E-state index contributed by atoms with van der Waals surface area (Å²) in [7, 11) is 0. The van der Waals surface area contributed by atoms with Gasteiger partial charge in [0.25, 0.3) is 0 Å². The molecule has 0 unspecified atom stereocenters. The zero-order valence-electron chi connectivity index (χ0n) is 30.1. The molecule has 0 fully saturated rings. The van der Waals surface area contributed by atoms with E-state index in [1.54, 1.807) is 0 Å². The maximum absolute atomic E-state index is 5.56. The van der Waals surface area contributed by atoms with Gasteiger partial charge in [-0.2, -0.15) is 0 Å². The molecule has 4 aromatic heterocycles. The van der Waals surface area contributed by atoms with Crippen molar-refractivity contribution >= 4 is 75.9 Å². The summed E-state index contributed by atoms with van der Waals surface area (Å²) in [4.78, 5) is 15.6. The topological polar surface area (TPSA) is 48.5 Å². The van der Waals surface area contributed by atoms with Crippen LogP contribution in [0.2, 0.25) is 0 Å². The van der Waals surface area contributed by atoms with Gasteiger partial charge in [-0.15, -0.1) is 0 Å². The molecule has 56 heavy (non-hydrogen) atoms. The molecule has 0 saturated carbocycles. The van der Waals surface area contributed by atoms with E-state index in [0.29, 0.717) is 0 Å². The highest BCUT2D eigenvalue weighted by atomic mass is 15.1. The Labute approximate surface area is 321 Å². The number of aromatic nitrogens is 5. The van der Waals surface area contributed by atoms with E-state index in [4.69, 9.17) is 15.0 Å². The van der Waals surface area contributed by atoms with E-state index >= 15 is 0 Å². The summed E-state index contributed by atoms with van der Waals surface area (Å²) in [5, 5.41) is 11.8. The molecule has 0 aliphatic heterocycles. The zero-order chi connectivity index (χ0) is 36.7. The summed E-state index contributed by atoms with van der Waals surface area (Å²) in [5.74, 6) is 2.54. The molecule has 0 bridgehead atoms. The van der Waals surface area contributed by atoms with Crippen LogP contribution in [-0.2, 0) is 0 Å². The quantitative estimate of drug-likeness (QED) is 0.135.